The molecule has 0 aliphatic heterocycles. The Hall–Kier alpha value is -6.91. The Labute approximate surface area is 300 Å². The van der Waals surface area contributed by atoms with Crippen LogP contribution in [0.1, 0.15) is 11.4 Å². The number of hydrogen-bond donors (Lipinski definition) is 0. The third-order valence-electron chi connectivity index (χ3n) is 9.97. The zero-order valence-electron chi connectivity index (χ0n) is 28.2. The molecule has 8 aromatic carbocycles. The predicted molar refractivity (Wildman–Crippen MR) is 213 cm³/mol. The van der Waals surface area contributed by atoms with E-state index in [0.29, 0.717) is 23.9 Å². The van der Waals surface area contributed by atoms with E-state index in [4.69, 9.17) is 19.4 Å². The van der Waals surface area contributed by atoms with Crippen molar-refractivity contribution in [3.05, 3.63) is 187 Å². The first kappa shape index (κ1) is 30.0. The SMILES string of the molecule is c1ccc(-c2ccc(-c3ccc4oc5cccc(Cc6nc(-c7ccccc7)nc(-c7ccc8c(ccc9ccccc98)c7)n6)c5c4c3)cc2)cc1. The molecule has 0 atom stereocenters. The summed E-state index contributed by atoms with van der Waals surface area (Å²) in [7, 11) is 0. The van der Waals surface area contributed by atoms with Crippen LogP contribution in [0.25, 0.3) is 88.5 Å². The summed E-state index contributed by atoms with van der Waals surface area (Å²) in [4.78, 5) is 15.2. The second-order valence-corrected chi connectivity index (χ2v) is 13.2. The van der Waals surface area contributed by atoms with E-state index in [0.717, 1.165) is 55.1 Å². The van der Waals surface area contributed by atoms with Crippen molar-refractivity contribution in [2.24, 2.45) is 0 Å². The molecule has 0 unspecified atom stereocenters. The zero-order valence-corrected chi connectivity index (χ0v) is 28.2. The van der Waals surface area contributed by atoms with E-state index in [-0.39, 0.29) is 0 Å². The van der Waals surface area contributed by atoms with Crippen LogP contribution in [0.2, 0.25) is 0 Å². The lowest BCUT2D eigenvalue weighted by Gasteiger charge is -2.10. The lowest BCUT2D eigenvalue weighted by atomic mass is 9.98. The van der Waals surface area contributed by atoms with Gasteiger partial charge >= 0.3 is 0 Å². The van der Waals surface area contributed by atoms with E-state index in [1.54, 1.807) is 0 Å². The molecule has 0 aliphatic carbocycles. The third-order valence-corrected chi connectivity index (χ3v) is 9.97. The summed E-state index contributed by atoms with van der Waals surface area (Å²) < 4.78 is 6.40. The van der Waals surface area contributed by atoms with Crippen molar-refractivity contribution in [1.82, 2.24) is 15.0 Å². The number of hydrogen-bond acceptors (Lipinski definition) is 4. The molecule has 10 aromatic rings. The first-order chi connectivity index (χ1) is 25.7. The molecule has 2 aromatic heterocycles. The molecule has 0 radical (unpaired) electrons. The van der Waals surface area contributed by atoms with Crippen molar-refractivity contribution in [3.8, 4) is 45.0 Å². The quantitative estimate of drug-likeness (QED) is 0.166. The highest BCUT2D eigenvalue weighted by molar-refractivity contribution is 6.09. The van der Waals surface area contributed by atoms with Crippen molar-refractivity contribution >= 4 is 43.5 Å². The predicted octanol–water partition coefficient (Wildman–Crippen LogP) is 12.3. The van der Waals surface area contributed by atoms with Gasteiger partial charge in [0.1, 0.15) is 17.0 Å². The van der Waals surface area contributed by atoms with Gasteiger partial charge in [0.05, 0.1) is 0 Å². The highest BCUT2D eigenvalue weighted by Crippen LogP contribution is 2.36. The van der Waals surface area contributed by atoms with Gasteiger partial charge in [0, 0.05) is 28.3 Å². The summed E-state index contributed by atoms with van der Waals surface area (Å²) in [5.74, 6) is 2.02. The molecule has 0 amide bonds. The standard InChI is InChI=1S/C48H31N3O/c1-3-10-31(11-4-1)32-18-20-33(21-19-32)36-25-27-43-42(29-36)46-38(15-9-17-44(46)52-43)30-45-49-47(35-13-5-2-6-14-35)51-48(50-45)39-24-26-41-37(28-39)23-22-34-12-7-8-16-40(34)41/h1-29H,30H2. The lowest BCUT2D eigenvalue weighted by Crippen LogP contribution is -2.04. The van der Waals surface area contributed by atoms with Crippen LogP contribution in [0.3, 0.4) is 0 Å². The summed E-state index contributed by atoms with van der Waals surface area (Å²) in [6, 6.07) is 61.5. The van der Waals surface area contributed by atoms with Crippen LogP contribution in [0, 0.1) is 0 Å². The Morgan fingerprint density at radius 1 is 0.365 bits per heavy atom. The van der Waals surface area contributed by atoms with Gasteiger partial charge in [0.25, 0.3) is 0 Å². The fraction of sp³-hybridized carbons (Fsp3) is 0.0208. The minimum atomic E-state index is 0.523. The van der Waals surface area contributed by atoms with Gasteiger partial charge in [0.15, 0.2) is 11.6 Å². The Balaban J connectivity index is 1.06. The van der Waals surface area contributed by atoms with E-state index in [2.05, 4.69) is 133 Å². The van der Waals surface area contributed by atoms with Gasteiger partial charge in [-0.15, -0.1) is 0 Å². The number of benzene rings is 8. The molecule has 0 saturated heterocycles. The van der Waals surface area contributed by atoms with Gasteiger partial charge in [0.2, 0.25) is 0 Å². The van der Waals surface area contributed by atoms with E-state index in [1.165, 1.54) is 27.3 Å². The van der Waals surface area contributed by atoms with Crippen molar-refractivity contribution in [1.29, 1.82) is 0 Å². The van der Waals surface area contributed by atoms with E-state index < -0.39 is 0 Å². The number of fused-ring (bicyclic) bond motifs is 6. The molecular formula is C48H31N3O. The minimum absolute atomic E-state index is 0.523. The first-order valence-electron chi connectivity index (χ1n) is 17.6. The van der Waals surface area contributed by atoms with Gasteiger partial charge in [-0.25, -0.2) is 15.0 Å². The van der Waals surface area contributed by atoms with E-state index in [9.17, 15) is 0 Å². The van der Waals surface area contributed by atoms with Crippen molar-refractivity contribution in [3.63, 3.8) is 0 Å². The molecule has 4 nitrogen and oxygen atoms in total. The Bertz CT molecular complexity index is 2910. The molecule has 0 N–H and O–H groups in total. The number of nitrogens with zero attached hydrogens (tertiary/aromatic N) is 3. The summed E-state index contributed by atoms with van der Waals surface area (Å²) in [5, 5.41) is 6.99. The Morgan fingerprint density at radius 2 is 0.981 bits per heavy atom. The van der Waals surface area contributed by atoms with Crippen LogP contribution >= 0.6 is 0 Å². The number of furan rings is 1. The van der Waals surface area contributed by atoms with Gasteiger partial charge in [-0.05, 0) is 73.6 Å². The Morgan fingerprint density at radius 3 is 1.79 bits per heavy atom. The summed E-state index contributed by atoms with van der Waals surface area (Å²) in [6.07, 6.45) is 0.523. The summed E-state index contributed by atoms with van der Waals surface area (Å²) in [5.41, 5.74) is 9.43. The van der Waals surface area contributed by atoms with Crippen molar-refractivity contribution in [2.45, 2.75) is 6.42 Å². The van der Waals surface area contributed by atoms with Crippen molar-refractivity contribution in [2.75, 3.05) is 0 Å². The van der Waals surface area contributed by atoms with Gasteiger partial charge in [-0.3, -0.25) is 0 Å². The number of rotatable bonds is 6. The van der Waals surface area contributed by atoms with Crippen molar-refractivity contribution < 1.29 is 4.42 Å². The first-order valence-corrected chi connectivity index (χ1v) is 17.6. The average molecular weight is 666 g/mol. The largest absolute Gasteiger partial charge is 0.456 e. The van der Waals surface area contributed by atoms with Crippen LogP contribution in [-0.2, 0) is 6.42 Å². The highest BCUT2D eigenvalue weighted by atomic mass is 16.3. The maximum atomic E-state index is 6.40. The zero-order chi connectivity index (χ0) is 34.4. The van der Waals surface area contributed by atoms with Crippen LogP contribution in [0.4, 0.5) is 0 Å². The molecule has 4 heteroatoms. The second-order valence-electron chi connectivity index (χ2n) is 13.2. The maximum absolute atomic E-state index is 6.40. The molecule has 2 heterocycles. The van der Waals surface area contributed by atoms with E-state index in [1.807, 2.05) is 42.5 Å². The lowest BCUT2D eigenvalue weighted by molar-refractivity contribution is 0.668. The van der Waals surface area contributed by atoms with Crippen LogP contribution < -0.4 is 0 Å². The molecule has 10 rings (SSSR count). The molecule has 0 aliphatic rings. The Kier molecular flexibility index (Phi) is 7.17. The van der Waals surface area contributed by atoms with E-state index >= 15 is 0 Å². The smallest absolute Gasteiger partial charge is 0.163 e. The normalized spacial score (nSPS) is 11.5. The topological polar surface area (TPSA) is 51.8 Å². The van der Waals surface area contributed by atoms with Crippen LogP contribution in [0.15, 0.2) is 180 Å². The average Bonchev–Trinajstić information content (AvgIpc) is 3.60. The molecule has 244 valence electrons. The fourth-order valence-corrected chi connectivity index (χ4v) is 7.38. The summed E-state index contributed by atoms with van der Waals surface area (Å²) >= 11 is 0. The third kappa shape index (κ3) is 5.38. The second kappa shape index (κ2) is 12.4. The maximum Gasteiger partial charge on any atom is 0.163 e. The molecule has 0 saturated carbocycles. The van der Waals surface area contributed by atoms with Crippen LogP contribution in [-0.4, -0.2) is 15.0 Å². The van der Waals surface area contributed by atoms with Gasteiger partial charge in [-0.2, -0.15) is 0 Å². The molecule has 0 fully saturated rings. The highest BCUT2D eigenvalue weighted by Gasteiger charge is 2.17. The molecule has 0 spiro atoms. The summed E-state index contributed by atoms with van der Waals surface area (Å²) in [6.45, 7) is 0. The molecular weight excluding hydrogens is 635 g/mol. The fourth-order valence-electron chi connectivity index (χ4n) is 7.38. The molecule has 52 heavy (non-hydrogen) atoms. The monoisotopic (exact) mass is 665 g/mol. The van der Waals surface area contributed by atoms with Gasteiger partial charge < -0.3 is 4.42 Å². The van der Waals surface area contributed by atoms with Crippen LogP contribution in [0.5, 0.6) is 0 Å². The molecule has 0 bridgehead atoms. The minimum Gasteiger partial charge on any atom is -0.456 e. The van der Waals surface area contributed by atoms with Gasteiger partial charge in [-0.1, -0.05) is 152 Å². The number of aromatic nitrogens is 3.